The summed E-state index contributed by atoms with van der Waals surface area (Å²) >= 11 is 0. The van der Waals surface area contributed by atoms with Crippen LogP contribution in [0.5, 0.6) is 0 Å². The number of hydrogen-bond donors (Lipinski definition) is 0. The fourth-order valence-corrected chi connectivity index (χ4v) is 6.84. The molecule has 0 bridgehead atoms. The highest BCUT2D eigenvalue weighted by molar-refractivity contribution is 7.89. The number of rotatable bonds is 3. The molecule has 0 amide bonds. The Bertz CT molecular complexity index is 812. The molecule has 0 unspecified atom stereocenters. The van der Waals surface area contributed by atoms with Crippen LogP contribution in [0.25, 0.3) is 0 Å². The average Bonchev–Trinajstić information content (AvgIpc) is 3.01. The molecular weight excluding hydrogens is 354 g/mol. The van der Waals surface area contributed by atoms with Crippen molar-refractivity contribution in [2.24, 2.45) is 12.5 Å². The maximum atomic E-state index is 13.5. The van der Waals surface area contributed by atoms with E-state index in [9.17, 15) is 8.42 Å². The van der Waals surface area contributed by atoms with Crippen LogP contribution >= 0.6 is 0 Å². The first-order valence-corrected chi connectivity index (χ1v) is 10.8. The van der Waals surface area contributed by atoms with Crippen molar-refractivity contribution in [3.05, 3.63) is 23.5 Å². The van der Waals surface area contributed by atoms with Crippen molar-refractivity contribution in [1.29, 1.82) is 0 Å². The zero-order valence-electron chi connectivity index (χ0n) is 15.5. The molecule has 4 rings (SSSR count). The van der Waals surface area contributed by atoms with Crippen LogP contribution in [0, 0.1) is 12.3 Å². The van der Waals surface area contributed by atoms with Crippen LogP contribution in [0.15, 0.2) is 22.7 Å². The van der Waals surface area contributed by atoms with Gasteiger partial charge in [-0.1, -0.05) is 11.6 Å². The molecule has 1 aromatic rings. The van der Waals surface area contributed by atoms with Crippen molar-refractivity contribution in [1.82, 2.24) is 14.1 Å². The van der Waals surface area contributed by atoms with Crippen LogP contribution in [0.3, 0.4) is 0 Å². The number of sulfonamides is 1. The van der Waals surface area contributed by atoms with Gasteiger partial charge in [0.1, 0.15) is 4.90 Å². The highest BCUT2D eigenvalue weighted by atomic mass is 32.2. The molecule has 2 saturated heterocycles. The van der Waals surface area contributed by atoms with E-state index in [2.05, 4.69) is 11.2 Å². The minimum atomic E-state index is -3.58. The number of aryl methyl sites for hydroxylation is 2. The number of ether oxygens (including phenoxy) is 2. The van der Waals surface area contributed by atoms with Gasteiger partial charge in [-0.05, 0) is 32.6 Å². The van der Waals surface area contributed by atoms with Crippen molar-refractivity contribution < 1.29 is 17.9 Å². The molecule has 2 fully saturated rings. The van der Waals surface area contributed by atoms with E-state index in [1.807, 2.05) is 0 Å². The van der Waals surface area contributed by atoms with Crippen molar-refractivity contribution in [3.8, 4) is 0 Å². The third-order valence-electron chi connectivity index (χ3n) is 6.04. The van der Waals surface area contributed by atoms with Gasteiger partial charge < -0.3 is 9.47 Å². The maximum absolute atomic E-state index is 13.5. The summed E-state index contributed by atoms with van der Waals surface area (Å²) in [5.74, 6) is 0. The van der Waals surface area contributed by atoms with Gasteiger partial charge in [0.05, 0.1) is 25.5 Å². The fraction of sp³-hybridized carbons (Fsp3) is 0.722. The molecule has 3 aliphatic heterocycles. The Morgan fingerprint density at radius 3 is 2.85 bits per heavy atom. The molecule has 2 atom stereocenters. The van der Waals surface area contributed by atoms with Gasteiger partial charge in [-0.3, -0.25) is 4.68 Å². The third-order valence-corrected chi connectivity index (χ3v) is 8.05. The predicted molar refractivity (Wildman–Crippen MR) is 96.2 cm³/mol. The summed E-state index contributed by atoms with van der Waals surface area (Å²) in [5.41, 5.74) is 1.65. The van der Waals surface area contributed by atoms with Gasteiger partial charge in [-0.2, -0.15) is 9.40 Å². The fourth-order valence-electron chi connectivity index (χ4n) is 4.88. The number of fused-ring (bicyclic) bond motifs is 1. The lowest BCUT2D eigenvalue weighted by molar-refractivity contribution is -0.0605. The molecule has 7 nitrogen and oxygen atoms in total. The SMILES string of the molecule is Cc1nn(C)cc1S(=O)(=O)N1CCC[C@@]2(C3=CCOCC3)COCC[C@H]12. The summed E-state index contributed by atoms with van der Waals surface area (Å²) in [5, 5.41) is 4.24. The molecule has 3 aliphatic rings. The molecule has 0 spiro atoms. The quantitative estimate of drug-likeness (QED) is 0.744. The van der Waals surface area contributed by atoms with Crippen LogP contribution in [0.1, 0.15) is 31.4 Å². The number of aromatic nitrogens is 2. The minimum absolute atomic E-state index is 0.0565. The third kappa shape index (κ3) is 2.83. The first-order chi connectivity index (χ1) is 12.4. The standard InChI is InChI=1S/C18H27N3O4S/c1-14-16(12-20(2)19-14)26(22,23)21-8-3-7-18(13-25-11-6-17(18)21)15-4-9-24-10-5-15/h4,12,17H,3,5-11,13H2,1-2H3/t17-,18-/m0/s1. The van der Waals surface area contributed by atoms with Crippen LogP contribution in [-0.4, -0.2) is 61.5 Å². The van der Waals surface area contributed by atoms with Gasteiger partial charge >= 0.3 is 0 Å². The van der Waals surface area contributed by atoms with Gasteiger partial charge in [0.25, 0.3) is 0 Å². The van der Waals surface area contributed by atoms with Gasteiger partial charge in [-0.15, -0.1) is 0 Å². The predicted octanol–water partition coefficient (Wildman–Crippen LogP) is 1.64. The maximum Gasteiger partial charge on any atom is 0.246 e. The van der Waals surface area contributed by atoms with E-state index in [1.54, 1.807) is 29.2 Å². The number of hydrogen-bond acceptors (Lipinski definition) is 5. The molecule has 0 aromatic carbocycles. The van der Waals surface area contributed by atoms with E-state index < -0.39 is 10.0 Å². The summed E-state index contributed by atoms with van der Waals surface area (Å²) in [6.07, 6.45) is 7.18. The van der Waals surface area contributed by atoms with E-state index in [0.29, 0.717) is 43.6 Å². The lowest BCUT2D eigenvalue weighted by Gasteiger charge is -2.53. The summed E-state index contributed by atoms with van der Waals surface area (Å²) < 4.78 is 41.6. The molecule has 0 saturated carbocycles. The van der Waals surface area contributed by atoms with E-state index in [1.165, 1.54) is 5.57 Å². The summed E-state index contributed by atoms with van der Waals surface area (Å²) in [6, 6.07) is -0.0565. The Balaban J connectivity index is 1.75. The Kier molecular flexibility index (Phi) is 4.71. The Morgan fingerprint density at radius 2 is 2.15 bits per heavy atom. The van der Waals surface area contributed by atoms with Gasteiger partial charge in [0.2, 0.25) is 10.0 Å². The van der Waals surface area contributed by atoms with Crippen molar-refractivity contribution in [2.45, 2.75) is 43.5 Å². The molecule has 8 heteroatoms. The highest BCUT2D eigenvalue weighted by Crippen LogP contribution is 2.49. The molecule has 4 heterocycles. The molecule has 1 aromatic heterocycles. The van der Waals surface area contributed by atoms with E-state index in [-0.39, 0.29) is 11.5 Å². The van der Waals surface area contributed by atoms with Gasteiger partial charge in [0.15, 0.2) is 0 Å². The monoisotopic (exact) mass is 381 g/mol. The molecular formula is C18H27N3O4S. The lowest BCUT2D eigenvalue weighted by Crippen LogP contribution is -2.59. The average molecular weight is 381 g/mol. The Morgan fingerprint density at radius 1 is 1.31 bits per heavy atom. The van der Waals surface area contributed by atoms with E-state index >= 15 is 0 Å². The van der Waals surface area contributed by atoms with Gasteiger partial charge in [-0.25, -0.2) is 8.42 Å². The Labute approximate surface area is 155 Å². The van der Waals surface area contributed by atoms with Crippen LogP contribution in [-0.2, 0) is 26.5 Å². The zero-order chi connectivity index (χ0) is 18.4. The number of piperidine rings is 1. The second kappa shape index (κ2) is 6.74. The topological polar surface area (TPSA) is 73.7 Å². The summed E-state index contributed by atoms with van der Waals surface area (Å²) in [7, 11) is -1.83. The van der Waals surface area contributed by atoms with Crippen LogP contribution in [0.2, 0.25) is 0 Å². The summed E-state index contributed by atoms with van der Waals surface area (Å²) in [4.78, 5) is 0.322. The Hall–Kier alpha value is -1.22. The first kappa shape index (κ1) is 18.2. The van der Waals surface area contributed by atoms with E-state index in [4.69, 9.17) is 9.47 Å². The number of nitrogens with zero attached hydrogens (tertiary/aromatic N) is 3. The highest BCUT2D eigenvalue weighted by Gasteiger charge is 2.52. The lowest BCUT2D eigenvalue weighted by atomic mass is 9.66. The largest absolute Gasteiger partial charge is 0.380 e. The molecule has 0 N–H and O–H groups in total. The minimum Gasteiger partial charge on any atom is -0.380 e. The van der Waals surface area contributed by atoms with Crippen molar-refractivity contribution >= 4 is 10.0 Å². The molecule has 144 valence electrons. The molecule has 0 aliphatic carbocycles. The smallest absolute Gasteiger partial charge is 0.246 e. The van der Waals surface area contributed by atoms with Crippen molar-refractivity contribution in [2.75, 3.05) is 33.0 Å². The van der Waals surface area contributed by atoms with Crippen molar-refractivity contribution in [3.63, 3.8) is 0 Å². The zero-order valence-corrected chi connectivity index (χ0v) is 16.3. The van der Waals surface area contributed by atoms with Crippen LogP contribution < -0.4 is 0 Å². The normalized spacial score (nSPS) is 30.7. The first-order valence-electron chi connectivity index (χ1n) is 9.32. The van der Waals surface area contributed by atoms with E-state index in [0.717, 1.165) is 25.7 Å². The molecule has 26 heavy (non-hydrogen) atoms. The second-order valence-electron chi connectivity index (χ2n) is 7.54. The van der Waals surface area contributed by atoms with Gasteiger partial charge in [0, 0.05) is 37.9 Å². The molecule has 0 radical (unpaired) electrons. The second-order valence-corrected chi connectivity index (χ2v) is 9.40. The summed E-state index contributed by atoms with van der Waals surface area (Å²) in [6.45, 7) is 4.84. The van der Waals surface area contributed by atoms with Crippen LogP contribution in [0.4, 0.5) is 0 Å².